The van der Waals surface area contributed by atoms with Crippen molar-refractivity contribution in [3.05, 3.63) is 35.4 Å². The average Bonchev–Trinajstić information content (AvgIpc) is 2.82. The van der Waals surface area contributed by atoms with Crippen molar-refractivity contribution in [2.45, 2.75) is 26.8 Å². The summed E-state index contributed by atoms with van der Waals surface area (Å²) in [5.74, 6) is -0.149. The van der Waals surface area contributed by atoms with Crippen LogP contribution in [0.5, 0.6) is 0 Å². The predicted octanol–water partition coefficient (Wildman–Crippen LogP) is 1.48. The van der Waals surface area contributed by atoms with E-state index in [4.69, 9.17) is 0 Å². The van der Waals surface area contributed by atoms with Gasteiger partial charge >= 0.3 is 0 Å². The first-order valence-electron chi connectivity index (χ1n) is 6.71. The lowest BCUT2D eigenvalue weighted by Crippen LogP contribution is -2.36. The van der Waals surface area contributed by atoms with E-state index >= 15 is 0 Å². The van der Waals surface area contributed by atoms with Crippen molar-refractivity contribution >= 4 is 11.8 Å². The first-order chi connectivity index (χ1) is 9.10. The van der Waals surface area contributed by atoms with Crippen molar-refractivity contribution < 1.29 is 9.59 Å². The fraction of sp³-hybridized carbons (Fsp3) is 0.467. The topological polar surface area (TPSA) is 49.4 Å². The van der Waals surface area contributed by atoms with E-state index in [1.165, 1.54) is 5.56 Å². The van der Waals surface area contributed by atoms with Gasteiger partial charge in [-0.2, -0.15) is 0 Å². The van der Waals surface area contributed by atoms with E-state index in [1.807, 2.05) is 36.9 Å². The Bertz CT molecular complexity index is 485. The molecule has 2 amide bonds. The Morgan fingerprint density at radius 3 is 2.84 bits per heavy atom. The molecule has 1 aromatic carbocycles. The van der Waals surface area contributed by atoms with Gasteiger partial charge in [0, 0.05) is 26.1 Å². The smallest absolute Gasteiger partial charge is 0.228 e. The van der Waals surface area contributed by atoms with Gasteiger partial charge < -0.3 is 10.2 Å². The normalized spacial score (nSPS) is 18.2. The van der Waals surface area contributed by atoms with Crippen LogP contribution in [0.3, 0.4) is 0 Å². The number of nitrogens with zero attached hydrogens (tertiary/aromatic N) is 1. The molecule has 0 saturated carbocycles. The molecule has 1 aliphatic rings. The van der Waals surface area contributed by atoms with Gasteiger partial charge in [-0.1, -0.05) is 29.8 Å². The number of aryl methyl sites for hydroxylation is 1. The molecule has 0 bridgehead atoms. The molecule has 1 unspecified atom stereocenters. The number of benzene rings is 1. The molecule has 1 aliphatic heterocycles. The molecule has 4 heteroatoms. The highest BCUT2D eigenvalue weighted by Gasteiger charge is 2.30. The molecule has 0 aliphatic carbocycles. The van der Waals surface area contributed by atoms with Gasteiger partial charge in [0.2, 0.25) is 11.8 Å². The van der Waals surface area contributed by atoms with E-state index in [9.17, 15) is 9.59 Å². The van der Waals surface area contributed by atoms with Crippen LogP contribution in [0.2, 0.25) is 0 Å². The molecule has 0 aromatic heterocycles. The summed E-state index contributed by atoms with van der Waals surface area (Å²) in [5.41, 5.74) is 2.33. The van der Waals surface area contributed by atoms with Gasteiger partial charge in [-0.3, -0.25) is 9.59 Å². The third-order valence-corrected chi connectivity index (χ3v) is 3.48. The number of nitrogens with one attached hydrogen (secondary N) is 1. The molecule has 19 heavy (non-hydrogen) atoms. The van der Waals surface area contributed by atoms with E-state index < -0.39 is 0 Å². The molecular weight excluding hydrogens is 240 g/mol. The zero-order valence-corrected chi connectivity index (χ0v) is 11.5. The molecule has 1 heterocycles. The van der Waals surface area contributed by atoms with Crippen LogP contribution in [-0.4, -0.2) is 29.8 Å². The molecule has 1 fully saturated rings. The number of rotatable bonds is 4. The second-order valence-corrected chi connectivity index (χ2v) is 5.05. The molecule has 102 valence electrons. The van der Waals surface area contributed by atoms with Crippen LogP contribution in [0.25, 0.3) is 0 Å². The summed E-state index contributed by atoms with van der Waals surface area (Å²) in [6.07, 6.45) is 0.323. The standard InChI is InChI=1S/C15H20N2O2/c1-3-17(10-12-6-4-5-11(2)7-12)15(19)13-8-14(18)16-9-13/h4-7,13H,3,8-10H2,1-2H3,(H,16,18). The lowest BCUT2D eigenvalue weighted by Gasteiger charge is -2.23. The summed E-state index contributed by atoms with van der Waals surface area (Å²) in [5, 5.41) is 2.72. The van der Waals surface area contributed by atoms with Crippen LogP contribution in [0.4, 0.5) is 0 Å². The Kier molecular flexibility index (Phi) is 4.20. The van der Waals surface area contributed by atoms with Gasteiger partial charge in [-0.15, -0.1) is 0 Å². The average molecular weight is 260 g/mol. The summed E-state index contributed by atoms with van der Waals surface area (Å²) in [4.78, 5) is 25.4. The highest BCUT2D eigenvalue weighted by atomic mass is 16.2. The number of hydrogen-bond acceptors (Lipinski definition) is 2. The van der Waals surface area contributed by atoms with Crippen molar-refractivity contribution in [1.29, 1.82) is 0 Å². The van der Waals surface area contributed by atoms with Crippen molar-refractivity contribution in [3.8, 4) is 0 Å². The SMILES string of the molecule is CCN(Cc1cccc(C)c1)C(=O)C1CNC(=O)C1. The summed E-state index contributed by atoms with van der Waals surface area (Å²) in [7, 11) is 0. The molecular formula is C15H20N2O2. The molecule has 0 radical (unpaired) electrons. The molecule has 4 nitrogen and oxygen atoms in total. The fourth-order valence-corrected chi connectivity index (χ4v) is 2.41. The van der Waals surface area contributed by atoms with Crippen LogP contribution in [-0.2, 0) is 16.1 Å². The molecule has 1 aromatic rings. The minimum atomic E-state index is -0.197. The van der Waals surface area contributed by atoms with E-state index in [1.54, 1.807) is 0 Å². The van der Waals surface area contributed by atoms with E-state index in [0.29, 0.717) is 26.1 Å². The zero-order valence-electron chi connectivity index (χ0n) is 11.5. The monoisotopic (exact) mass is 260 g/mol. The lowest BCUT2D eigenvalue weighted by atomic mass is 10.1. The maximum Gasteiger partial charge on any atom is 0.228 e. The minimum Gasteiger partial charge on any atom is -0.355 e. The molecule has 2 rings (SSSR count). The quantitative estimate of drug-likeness (QED) is 0.891. The Morgan fingerprint density at radius 1 is 1.47 bits per heavy atom. The molecule has 0 spiro atoms. The molecule has 1 saturated heterocycles. The largest absolute Gasteiger partial charge is 0.355 e. The van der Waals surface area contributed by atoms with E-state index in [0.717, 1.165) is 5.56 Å². The highest BCUT2D eigenvalue weighted by molar-refractivity contribution is 5.89. The number of carbonyl (C=O) groups is 2. The van der Waals surface area contributed by atoms with Crippen LogP contribution in [0, 0.1) is 12.8 Å². The van der Waals surface area contributed by atoms with Crippen LogP contribution in [0.1, 0.15) is 24.5 Å². The Labute approximate surface area is 113 Å². The lowest BCUT2D eigenvalue weighted by molar-refractivity contribution is -0.136. The van der Waals surface area contributed by atoms with Crippen LogP contribution in [0.15, 0.2) is 24.3 Å². The summed E-state index contributed by atoms with van der Waals surface area (Å²) in [6.45, 7) is 5.76. The fourth-order valence-electron chi connectivity index (χ4n) is 2.41. The number of hydrogen-bond donors (Lipinski definition) is 1. The Morgan fingerprint density at radius 2 is 2.26 bits per heavy atom. The third-order valence-electron chi connectivity index (χ3n) is 3.48. The van der Waals surface area contributed by atoms with Crippen LogP contribution < -0.4 is 5.32 Å². The molecule has 1 atom stereocenters. The highest BCUT2D eigenvalue weighted by Crippen LogP contribution is 2.15. The second kappa shape index (κ2) is 5.87. The van der Waals surface area contributed by atoms with Gasteiger partial charge in [-0.05, 0) is 19.4 Å². The van der Waals surface area contributed by atoms with Crippen molar-refractivity contribution in [2.24, 2.45) is 5.92 Å². The van der Waals surface area contributed by atoms with Gasteiger partial charge in [0.1, 0.15) is 0 Å². The van der Waals surface area contributed by atoms with Gasteiger partial charge in [-0.25, -0.2) is 0 Å². The van der Waals surface area contributed by atoms with Gasteiger partial charge in [0.05, 0.1) is 5.92 Å². The summed E-state index contributed by atoms with van der Waals surface area (Å²) in [6, 6.07) is 8.17. The van der Waals surface area contributed by atoms with E-state index in [-0.39, 0.29) is 17.7 Å². The summed E-state index contributed by atoms with van der Waals surface area (Å²) >= 11 is 0. The first kappa shape index (κ1) is 13.6. The Balaban J connectivity index is 2.03. The maximum atomic E-state index is 12.3. The van der Waals surface area contributed by atoms with Gasteiger partial charge in [0.25, 0.3) is 0 Å². The van der Waals surface area contributed by atoms with Crippen molar-refractivity contribution in [3.63, 3.8) is 0 Å². The van der Waals surface area contributed by atoms with Gasteiger partial charge in [0.15, 0.2) is 0 Å². The number of carbonyl (C=O) groups excluding carboxylic acids is 2. The maximum absolute atomic E-state index is 12.3. The minimum absolute atomic E-state index is 0.0232. The molecule has 1 N–H and O–H groups in total. The number of amides is 2. The van der Waals surface area contributed by atoms with Crippen molar-refractivity contribution in [1.82, 2.24) is 10.2 Å². The van der Waals surface area contributed by atoms with Crippen LogP contribution >= 0.6 is 0 Å². The van der Waals surface area contributed by atoms with Crippen molar-refractivity contribution in [2.75, 3.05) is 13.1 Å². The predicted molar refractivity (Wildman–Crippen MR) is 73.4 cm³/mol. The third kappa shape index (κ3) is 3.34. The summed E-state index contributed by atoms with van der Waals surface area (Å²) < 4.78 is 0. The van der Waals surface area contributed by atoms with E-state index in [2.05, 4.69) is 11.4 Å². The second-order valence-electron chi connectivity index (χ2n) is 5.05. The first-order valence-corrected chi connectivity index (χ1v) is 6.71. The Hall–Kier alpha value is -1.84. The zero-order chi connectivity index (χ0) is 13.8.